The molecule has 0 aliphatic rings. The molecule has 0 spiro atoms. The third kappa shape index (κ3) is 5.84. The Morgan fingerprint density at radius 1 is 0.919 bits per heavy atom. The summed E-state index contributed by atoms with van der Waals surface area (Å²) in [4.78, 5) is 22.5. The van der Waals surface area contributed by atoms with Gasteiger partial charge in [0.25, 0.3) is 15.9 Å². The van der Waals surface area contributed by atoms with Gasteiger partial charge in [-0.25, -0.2) is 13.4 Å². The molecule has 0 radical (unpaired) electrons. The van der Waals surface area contributed by atoms with Crippen LogP contribution >= 0.6 is 11.3 Å². The maximum Gasteiger partial charge on any atom is 0.264 e. The molecule has 0 atom stereocenters. The lowest BCUT2D eigenvalue weighted by atomic mass is 10.2. The van der Waals surface area contributed by atoms with Crippen molar-refractivity contribution in [2.45, 2.75) is 25.7 Å². The minimum atomic E-state index is -3.77. The molecule has 1 amide bonds. The lowest BCUT2D eigenvalue weighted by Gasteiger charge is -2.25. The van der Waals surface area contributed by atoms with Crippen LogP contribution in [0.5, 0.6) is 0 Å². The van der Waals surface area contributed by atoms with Gasteiger partial charge in [0.1, 0.15) is 0 Å². The highest BCUT2D eigenvalue weighted by Gasteiger charge is 2.25. The Kier molecular flexibility index (Phi) is 8.26. The molecule has 0 fully saturated rings. The zero-order chi connectivity index (χ0) is 26.6. The van der Waals surface area contributed by atoms with E-state index in [-0.39, 0.29) is 10.8 Å². The van der Waals surface area contributed by atoms with E-state index < -0.39 is 10.0 Å². The van der Waals surface area contributed by atoms with Gasteiger partial charge in [-0.3, -0.25) is 14.0 Å². The Morgan fingerprint density at radius 2 is 1.59 bits per heavy atom. The van der Waals surface area contributed by atoms with Gasteiger partial charge in [0.05, 0.1) is 20.8 Å². The molecule has 1 heterocycles. The molecular formula is C28H32N4O3S2. The minimum absolute atomic E-state index is 0.126. The minimum Gasteiger partial charge on any atom is -0.302 e. The van der Waals surface area contributed by atoms with Crippen molar-refractivity contribution in [3.05, 3.63) is 83.9 Å². The van der Waals surface area contributed by atoms with Crippen molar-refractivity contribution in [2.24, 2.45) is 0 Å². The summed E-state index contributed by atoms with van der Waals surface area (Å²) >= 11 is 1.49. The van der Waals surface area contributed by atoms with E-state index in [9.17, 15) is 13.2 Å². The number of nitrogens with zero attached hydrogens (tertiary/aromatic N) is 4. The van der Waals surface area contributed by atoms with Crippen molar-refractivity contribution < 1.29 is 13.2 Å². The average molecular weight is 537 g/mol. The standard InChI is InChI=1S/C28H32N4O3S2/c1-5-31(6-2)18-19-32(28-29-25-17-12-21(3)20-26(25)36-28)27(33)22-13-15-24(16-14-22)37(34,35)30(4)23-10-8-7-9-11-23/h7-17,20H,5-6,18-19H2,1-4H3. The Morgan fingerprint density at radius 3 is 2.24 bits per heavy atom. The molecule has 0 bridgehead atoms. The average Bonchev–Trinajstić information content (AvgIpc) is 3.33. The molecule has 0 aliphatic carbocycles. The van der Waals surface area contributed by atoms with Crippen LogP contribution < -0.4 is 9.21 Å². The number of para-hydroxylation sites is 1. The van der Waals surface area contributed by atoms with Gasteiger partial charge in [0.2, 0.25) is 0 Å². The van der Waals surface area contributed by atoms with Crippen molar-refractivity contribution in [1.29, 1.82) is 0 Å². The molecule has 0 aliphatic heterocycles. The normalized spacial score (nSPS) is 11.7. The van der Waals surface area contributed by atoms with Gasteiger partial charge in [0, 0.05) is 25.7 Å². The second kappa shape index (κ2) is 11.4. The molecular weight excluding hydrogens is 504 g/mol. The van der Waals surface area contributed by atoms with E-state index in [2.05, 4.69) is 24.8 Å². The van der Waals surface area contributed by atoms with Gasteiger partial charge >= 0.3 is 0 Å². The number of anilines is 2. The van der Waals surface area contributed by atoms with E-state index in [1.165, 1.54) is 34.8 Å². The molecule has 0 N–H and O–H groups in total. The highest BCUT2D eigenvalue weighted by atomic mass is 32.2. The number of hydrogen-bond acceptors (Lipinski definition) is 6. The van der Waals surface area contributed by atoms with Gasteiger partial charge < -0.3 is 4.90 Å². The first-order valence-electron chi connectivity index (χ1n) is 12.3. The van der Waals surface area contributed by atoms with Crippen LogP contribution in [0.4, 0.5) is 10.8 Å². The van der Waals surface area contributed by atoms with E-state index in [1.54, 1.807) is 41.3 Å². The quantitative estimate of drug-likeness (QED) is 0.271. The number of aryl methyl sites for hydroxylation is 1. The second-order valence-corrected chi connectivity index (χ2v) is 11.8. The lowest BCUT2D eigenvalue weighted by Crippen LogP contribution is -2.38. The summed E-state index contributed by atoms with van der Waals surface area (Å²) in [6, 6.07) is 21.1. The maximum absolute atomic E-state index is 13.7. The first-order valence-corrected chi connectivity index (χ1v) is 14.6. The smallest absolute Gasteiger partial charge is 0.264 e. The van der Waals surface area contributed by atoms with Crippen LogP contribution in [0.15, 0.2) is 77.7 Å². The molecule has 0 unspecified atom stereocenters. The van der Waals surface area contributed by atoms with E-state index in [0.29, 0.717) is 29.5 Å². The zero-order valence-electron chi connectivity index (χ0n) is 21.6. The summed E-state index contributed by atoms with van der Waals surface area (Å²) in [5, 5.41) is 0.637. The molecule has 0 saturated heterocycles. The van der Waals surface area contributed by atoms with E-state index in [0.717, 1.165) is 28.9 Å². The van der Waals surface area contributed by atoms with Crippen LogP contribution in [0.3, 0.4) is 0 Å². The number of thiazole rings is 1. The summed E-state index contributed by atoms with van der Waals surface area (Å²) in [5.41, 5.74) is 2.98. The van der Waals surface area contributed by atoms with Crippen LogP contribution in [0, 0.1) is 6.92 Å². The van der Waals surface area contributed by atoms with Crippen molar-refractivity contribution in [3.8, 4) is 0 Å². The first kappa shape index (κ1) is 26.8. The number of carbonyl (C=O) groups excluding carboxylic acids is 1. The molecule has 1 aromatic heterocycles. The Labute approximate surface area is 223 Å². The topological polar surface area (TPSA) is 73.8 Å². The Balaban J connectivity index is 1.63. The molecule has 3 aromatic carbocycles. The van der Waals surface area contributed by atoms with E-state index in [4.69, 9.17) is 4.98 Å². The highest BCUT2D eigenvalue weighted by Crippen LogP contribution is 2.31. The lowest BCUT2D eigenvalue weighted by molar-refractivity contribution is 0.0983. The number of hydrogen-bond donors (Lipinski definition) is 0. The third-order valence-electron chi connectivity index (χ3n) is 6.42. The highest BCUT2D eigenvalue weighted by molar-refractivity contribution is 7.92. The fourth-order valence-electron chi connectivity index (χ4n) is 4.06. The van der Waals surface area contributed by atoms with Crippen molar-refractivity contribution >= 4 is 48.3 Å². The Bertz CT molecular complexity index is 1460. The van der Waals surface area contributed by atoms with Gasteiger partial charge in [-0.15, -0.1) is 0 Å². The molecule has 4 aromatic rings. The SMILES string of the molecule is CCN(CC)CCN(C(=O)c1ccc(S(=O)(=O)N(C)c2ccccc2)cc1)c1nc2ccc(C)cc2s1. The predicted molar refractivity (Wildman–Crippen MR) is 152 cm³/mol. The zero-order valence-corrected chi connectivity index (χ0v) is 23.2. The number of likely N-dealkylation sites (N-methyl/N-ethyl adjacent to an activating group) is 1. The van der Waals surface area contributed by atoms with Crippen LogP contribution in [0.2, 0.25) is 0 Å². The largest absolute Gasteiger partial charge is 0.302 e. The molecule has 194 valence electrons. The van der Waals surface area contributed by atoms with E-state index in [1.807, 2.05) is 25.1 Å². The van der Waals surface area contributed by atoms with Crippen LogP contribution in [-0.2, 0) is 10.0 Å². The monoisotopic (exact) mass is 536 g/mol. The fraction of sp³-hybridized carbons (Fsp3) is 0.286. The summed E-state index contributed by atoms with van der Waals surface area (Å²) in [5.74, 6) is -0.205. The van der Waals surface area contributed by atoms with Gasteiger partial charge in [-0.2, -0.15) is 0 Å². The second-order valence-electron chi connectivity index (χ2n) is 8.78. The number of rotatable bonds is 10. The summed E-state index contributed by atoms with van der Waals surface area (Å²) in [6.45, 7) is 9.20. The number of sulfonamides is 1. The number of carbonyl (C=O) groups is 1. The van der Waals surface area contributed by atoms with Crippen LogP contribution in [-0.4, -0.2) is 57.4 Å². The maximum atomic E-state index is 13.7. The number of aromatic nitrogens is 1. The van der Waals surface area contributed by atoms with Crippen LogP contribution in [0.1, 0.15) is 29.8 Å². The number of amides is 1. The number of fused-ring (bicyclic) bond motifs is 1. The number of benzene rings is 3. The van der Waals surface area contributed by atoms with Crippen LogP contribution in [0.25, 0.3) is 10.2 Å². The predicted octanol–water partition coefficient (Wildman–Crippen LogP) is 5.42. The van der Waals surface area contributed by atoms with Gasteiger partial charge in [0.15, 0.2) is 5.13 Å². The van der Waals surface area contributed by atoms with Crippen molar-refractivity contribution in [2.75, 3.05) is 42.4 Å². The summed E-state index contributed by atoms with van der Waals surface area (Å²) in [7, 11) is -2.24. The Hall–Kier alpha value is -3.27. The third-order valence-corrected chi connectivity index (χ3v) is 9.26. The summed E-state index contributed by atoms with van der Waals surface area (Å²) in [6.07, 6.45) is 0. The molecule has 7 nitrogen and oxygen atoms in total. The van der Waals surface area contributed by atoms with Crippen molar-refractivity contribution in [1.82, 2.24) is 9.88 Å². The van der Waals surface area contributed by atoms with Gasteiger partial charge in [-0.05, 0) is 74.1 Å². The summed E-state index contributed by atoms with van der Waals surface area (Å²) < 4.78 is 28.6. The molecule has 0 saturated carbocycles. The molecule has 37 heavy (non-hydrogen) atoms. The molecule has 9 heteroatoms. The first-order chi connectivity index (χ1) is 17.7. The fourth-order valence-corrected chi connectivity index (χ4v) is 6.34. The molecule has 4 rings (SSSR count). The van der Waals surface area contributed by atoms with E-state index >= 15 is 0 Å². The van der Waals surface area contributed by atoms with Crippen molar-refractivity contribution in [3.63, 3.8) is 0 Å². The van der Waals surface area contributed by atoms with Gasteiger partial charge in [-0.1, -0.05) is 49.4 Å².